The van der Waals surface area contributed by atoms with Gasteiger partial charge in [-0.3, -0.25) is 0 Å². The minimum Gasteiger partial charge on any atom is -0.0654 e. The molecule has 0 rings (SSSR count). The van der Waals surface area contributed by atoms with E-state index in [2.05, 4.69) is 34.6 Å². The molecule has 0 bridgehead atoms. The summed E-state index contributed by atoms with van der Waals surface area (Å²) in [5.41, 5.74) is 0. The van der Waals surface area contributed by atoms with Crippen LogP contribution < -0.4 is 0 Å². The highest BCUT2D eigenvalue weighted by Gasteiger charge is 2.13. The van der Waals surface area contributed by atoms with E-state index in [1.54, 1.807) is 0 Å². The van der Waals surface area contributed by atoms with E-state index >= 15 is 0 Å². The molecule has 0 aromatic heterocycles. The van der Waals surface area contributed by atoms with E-state index in [1.807, 2.05) is 0 Å². The largest absolute Gasteiger partial charge is 0.0654 e. The Hall–Kier alpha value is 0. The zero-order chi connectivity index (χ0) is 8.85. The average Bonchev–Trinajstić information content (AvgIpc) is 1.86. The Labute approximate surface area is 72.4 Å². The maximum Gasteiger partial charge on any atom is -0.0389 e. The molecule has 0 aliphatic rings. The van der Waals surface area contributed by atoms with Crippen molar-refractivity contribution in [1.82, 2.24) is 0 Å². The zero-order valence-electron chi connectivity index (χ0n) is 8.85. The second-order valence-corrected chi connectivity index (χ2v) is 4.42. The highest BCUT2D eigenvalue weighted by molar-refractivity contribution is 4.64. The van der Waals surface area contributed by atoms with Crippen LogP contribution in [0.5, 0.6) is 0 Å². The molecule has 0 heteroatoms. The smallest absolute Gasteiger partial charge is 0.0389 e. The van der Waals surface area contributed by atoms with Gasteiger partial charge in [-0.25, -0.2) is 0 Å². The third-order valence-corrected chi connectivity index (χ3v) is 2.38. The fourth-order valence-electron chi connectivity index (χ4n) is 1.70. The predicted octanol–water partition coefficient (Wildman–Crippen LogP) is 4.10. The highest BCUT2D eigenvalue weighted by atomic mass is 14.2. The Morgan fingerprint density at radius 1 is 1.00 bits per heavy atom. The summed E-state index contributed by atoms with van der Waals surface area (Å²) in [7, 11) is 0. The molecule has 0 saturated heterocycles. The third kappa shape index (κ3) is 5.29. The second-order valence-electron chi connectivity index (χ2n) is 4.42. The van der Waals surface area contributed by atoms with Crippen molar-refractivity contribution in [3.63, 3.8) is 0 Å². The normalized spacial score (nSPS) is 14.5. The topological polar surface area (TPSA) is 0 Å². The Morgan fingerprint density at radius 2 is 1.55 bits per heavy atom. The molecule has 0 heterocycles. The first-order valence-electron chi connectivity index (χ1n) is 5.07. The van der Waals surface area contributed by atoms with E-state index in [0.29, 0.717) is 0 Å². The molecule has 0 aromatic rings. The van der Waals surface area contributed by atoms with Crippen LogP contribution in [0.4, 0.5) is 0 Å². The van der Waals surface area contributed by atoms with Crippen molar-refractivity contribution in [1.29, 1.82) is 0 Å². The first kappa shape index (κ1) is 11.0. The van der Waals surface area contributed by atoms with Crippen LogP contribution >= 0.6 is 0 Å². The number of hydrogen-bond donors (Lipinski definition) is 0. The fraction of sp³-hybridized carbons (Fsp3) is 1.00. The molecule has 0 N–H and O–H groups in total. The first-order chi connectivity index (χ1) is 5.07. The van der Waals surface area contributed by atoms with Crippen LogP contribution in [0.2, 0.25) is 0 Å². The maximum absolute atomic E-state index is 2.35. The van der Waals surface area contributed by atoms with E-state index in [9.17, 15) is 0 Å². The molecule has 0 spiro atoms. The van der Waals surface area contributed by atoms with Crippen molar-refractivity contribution in [2.75, 3.05) is 0 Å². The van der Waals surface area contributed by atoms with Gasteiger partial charge in [0.15, 0.2) is 0 Å². The van der Waals surface area contributed by atoms with Gasteiger partial charge in [0.1, 0.15) is 0 Å². The van der Waals surface area contributed by atoms with Crippen molar-refractivity contribution in [3.05, 3.63) is 0 Å². The van der Waals surface area contributed by atoms with Crippen LogP contribution in [-0.4, -0.2) is 0 Å². The summed E-state index contributed by atoms with van der Waals surface area (Å²) in [6.45, 7) is 11.6. The minimum absolute atomic E-state index is 0.869. The van der Waals surface area contributed by atoms with Gasteiger partial charge in [0.05, 0.1) is 0 Å². The summed E-state index contributed by atoms with van der Waals surface area (Å²) in [5, 5.41) is 0. The SMILES string of the molecule is CCC[C@H](CC(C)C)C(C)C. The molecule has 0 aliphatic carbocycles. The van der Waals surface area contributed by atoms with Crippen molar-refractivity contribution in [3.8, 4) is 0 Å². The summed E-state index contributed by atoms with van der Waals surface area (Å²) in [6, 6.07) is 0. The molecule has 68 valence electrons. The summed E-state index contributed by atoms with van der Waals surface area (Å²) < 4.78 is 0. The predicted molar refractivity (Wildman–Crippen MR) is 52.7 cm³/mol. The van der Waals surface area contributed by atoms with Gasteiger partial charge in [-0.15, -0.1) is 0 Å². The van der Waals surface area contributed by atoms with E-state index in [-0.39, 0.29) is 0 Å². The van der Waals surface area contributed by atoms with E-state index in [4.69, 9.17) is 0 Å². The lowest BCUT2D eigenvalue weighted by atomic mass is 9.84. The molecular formula is C11H24. The maximum atomic E-state index is 2.35. The summed E-state index contributed by atoms with van der Waals surface area (Å²) >= 11 is 0. The highest BCUT2D eigenvalue weighted by Crippen LogP contribution is 2.24. The number of rotatable bonds is 5. The summed E-state index contributed by atoms with van der Waals surface area (Å²) in [4.78, 5) is 0. The Morgan fingerprint density at radius 3 is 1.82 bits per heavy atom. The van der Waals surface area contributed by atoms with Gasteiger partial charge in [0.25, 0.3) is 0 Å². The Kier molecular flexibility index (Phi) is 5.62. The van der Waals surface area contributed by atoms with E-state index in [1.165, 1.54) is 19.3 Å². The summed E-state index contributed by atoms with van der Waals surface area (Å²) in [6.07, 6.45) is 4.16. The lowest BCUT2D eigenvalue weighted by Crippen LogP contribution is -2.11. The first-order valence-corrected chi connectivity index (χ1v) is 5.07. The summed E-state index contributed by atoms with van der Waals surface area (Å²) in [5.74, 6) is 2.70. The van der Waals surface area contributed by atoms with E-state index < -0.39 is 0 Å². The van der Waals surface area contributed by atoms with Gasteiger partial charge in [-0.05, 0) is 24.2 Å². The monoisotopic (exact) mass is 156 g/mol. The van der Waals surface area contributed by atoms with Gasteiger partial charge >= 0.3 is 0 Å². The fourth-order valence-corrected chi connectivity index (χ4v) is 1.70. The lowest BCUT2D eigenvalue weighted by Gasteiger charge is -2.21. The molecule has 0 nitrogen and oxygen atoms in total. The van der Waals surface area contributed by atoms with Crippen molar-refractivity contribution >= 4 is 0 Å². The van der Waals surface area contributed by atoms with Gasteiger partial charge in [-0.1, -0.05) is 47.5 Å². The molecule has 0 radical (unpaired) electrons. The average molecular weight is 156 g/mol. The molecule has 1 atom stereocenters. The van der Waals surface area contributed by atoms with E-state index in [0.717, 1.165) is 17.8 Å². The Balaban J connectivity index is 3.69. The molecule has 11 heavy (non-hydrogen) atoms. The molecule has 0 amide bonds. The van der Waals surface area contributed by atoms with Crippen molar-refractivity contribution in [2.45, 2.75) is 53.9 Å². The minimum atomic E-state index is 0.869. The zero-order valence-corrected chi connectivity index (χ0v) is 8.85. The molecular weight excluding hydrogens is 132 g/mol. The van der Waals surface area contributed by atoms with Gasteiger partial charge in [0.2, 0.25) is 0 Å². The van der Waals surface area contributed by atoms with Crippen LogP contribution in [0, 0.1) is 17.8 Å². The third-order valence-electron chi connectivity index (χ3n) is 2.38. The van der Waals surface area contributed by atoms with Crippen molar-refractivity contribution < 1.29 is 0 Å². The van der Waals surface area contributed by atoms with Gasteiger partial charge in [0, 0.05) is 0 Å². The van der Waals surface area contributed by atoms with Crippen LogP contribution in [0.1, 0.15) is 53.9 Å². The second kappa shape index (κ2) is 5.62. The van der Waals surface area contributed by atoms with Gasteiger partial charge < -0.3 is 0 Å². The molecule has 0 saturated carbocycles. The molecule has 0 unspecified atom stereocenters. The standard InChI is InChI=1S/C11H24/c1-6-7-11(10(4)5)8-9(2)3/h9-11H,6-8H2,1-5H3/t11-/m1/s1. The molecule has 0 aromatic carbocycles. The molecule has 0 fully saturated rings. The van der Waals surface area contributed by atoms with Crippen LogP contribution in [-0.2, 0) is 0 Å². The lowest BCUT2D eigenvalue weighted by molar-refractivity contribution is 0.296. The van der Waals surface area contributed by atoms with Crippen LogP contribution in [0.3, 0.4) is 0 Å². The van der Waals surface area contributed by atoms with Crippen molar-refractivity contribution in [2.24, 2.45) is 17.8 Å². The quantitative estimate of drug-likeness (QED) is 0.562. The number of hydrogen-bond acceptors (Lipinski definition) is 0. The van der Waals surface area contributed by atoms with Crippen LogP contribution in [0.15, 0.2) is 0 Å². The Bertz CT molecular complexity index is 82.0. The van der Waals surface area contributed by atoms with Gasteiger partial charge in [-0.2, -0.15) is 0 Å². The molecule has 0 aliphatic heterocycles. The van der Waals surface area contributed by atoms with Crippen LogP contribution in [0.25, 0.3) is 0 Å².